The zero-order chi connectivity index (χ0) is 21.5. The van der Waals surface area contributed by atoms with Crippen molar-refractivity contribution in [1.29, 1.82) is 0 Å². The van der Waals surface area contributed by atoms with E-state index in [0.717, 1.165) is 22.2 Å². The lowest BCUT2D eigenvalue weighted by Crippen LogP contribution is -2.41. The lowest BCUT2D eigenvalue weighted by atomic mass is 9.91. The molecule has 1 unspecified atom stereocenters. The highest BCUT2D eigenvalue weighted by Gasteiger charge is 2.35. The van der Waals surface area contributed by atoms with Gasteiger partial charge >= 0.3 is 0 Å². The van der Waals surface area contributed by atoms with E-state index in [1.165, 1.54) is 24.6 Å². The van der Waals surface area contributed by atoms with Crippen LogP contribution in [0.4, 0.5) is 4.39 Å². The number of amides is 1. The van der Waals surface area contributed by atoms with E-state index in [4.69, 9.17) is 0 Å². The number of fused-ring (bicyclic) bond motifs is 3. The molecule has 5 rings (SSSR count). The zero-order valence-electron chi connectivity index (χ0n) is 17.1. The summed E-state index contributed by atoms with van der Waals surface area (Å²) in [5.41, 5.74) is 4.75. The minimum absolute atomic E-state index is 0.148. The van der Waals surface area contributed by atoms with Crippen molar-refractivity contribution in [2.75, 3.05) is 6.54 Å². The number of carbonyl (C=O) groups is 2. The second-order valence-electron chi connectivity index (χ2n) is 7.87. The maximum atomic E-state index is 13.7. The highest BCUT2D eigenvalue weighted by molar-refractivity contribution is 6.07. The summed E-state index contributed by atoms with van der Waals surface area (Å²) in [4.78, 5) is 31.1. The standard InChI is InChI=1S/C26H21FN2O2/c1-16(30)19-6-2-3-8-22(19)26(31)29-15-14-21-20-7-4-5-9-23(20)28-24(21)25(29)17-10-12-18(27)13-11-17/h2-13,25,28H,14-15H2,1H3. The third kappa shape index (κ3) is 3.22. The summed E-state index contributed by atoms with van der Waals surface area (Å²) in [6, 6.07) is 20.9. The minimum atomic E-state index is -0.399. The molecule has 154 valence electrons. The van der Waals surface area contributed by atoms with Gasteiger partial charge in [0.15, 0.2) is 5.78 Å². The number of ketones is 1. The lowest BCUT2D eigenvalue weighted by Gasteiger charge is -2.36. The molecule has 5 heteroatoms. The molecule has 0 aliphatic carbocycles. The SMILES string of the molecule is CC(=O)c1ccccc1C(=O)N1CCc2c([nH]c3ccccc23)C1c1ccc(F)cc1. The normalized spacial score (nSPS) is 15.7. The summed E-state index contributed by atoms with van der Waals surface area (Å²) < 4.78 is 13.7. The van der Waals surface area contributed by atoms with E-state index in [2.05, 4.69) is 11.1 Å². The molecule has 0 spiro atoms. The molecule has 0 saturated heterocycles. The van der Waals surface area contributed by atoms with Crippen molar-refractivity contribution >= 4 is 22.6 Å². The van der Waals surface area contributed by atoms with Crippen LogP contribution in [0.2, 0.25) is 0 Å². The van der Waals surface area contributed by atoms with Gasteiger partial charge in [-0.15, -0.1) is 0 Å². The van der Waals surface area contributed by atoms with Crippen LogP contribution < -0.4 is 0 Å². The smallest absolute Gasteiger partial charge is 0.255 e. The fourth-order valence-electron chi connectivity index (χ4n) is 4.58. The number of hydrogen-bond donors (Lipinski definition) is 1. The summed E-state index contributed by atoms with van der Waals surface area (Å²) >= 11 is 0. The number of rotatable bonds is 3. The fraction of sp³-hybridized carbons (Fsp3) is 0.154. The molecule has 0 fully saturated rings. The van der Waals surface area contributed by atoms with Crippen molar-refractivity contribution < 1.29 is 14.0 Å². The molecule has 1 amide bonds. The van der Waals surface area contributed by atoms with E-state index in [1.54, 1.807) is 41.3 Å². The molecule has 0 radical (unpaired) electrons. The van der Waals surface area contributed by atoms with Gasteiger partial charge in [0.25, 0.3) is 5.91 Å². The Balaban J connectivity index is 1.67. The molecular weight excluding hydrogens is 391 g/mol. The van der Waals surface area contributed by atoms with Crippen LogP contribution in [-0.2, 0) is 6.42 Å². The number of carbonyl (C=O) groups excluding carboxylic acids is 2. The molecule has 1 atom stereocenters. The van der Waals surface area contributed by atoms with E-state index in [9.17, 15) is 14.0 Å². The van der Waals surface area contributed by atoms with Crippen LogP contribution in [0.25, 0.3) is 10.9 Å². The van der Waals surface area contributed by atoms with Gasteiger partial charge in [-0.3, -0.25) is 9.59 Å². The highest BCUT2D eigenvalue weighted by atomic mass is 19.1. The van der Waals surface area contributed by atoms with Gasteiger partial charge in [-0.1, -0.05) is 48.5 Å². The van der Waals surface area contributed by atoms with Gasteiger partial charge in [0, 0.05) is 28.7 Å². The first-order valence-corrected chi connectivity index (χ1v) is 10.3. The first kappa shape index (κ1) is 19.2. The van der Waals surface area contributed by atoms with Gasteiger partial charge in [0.1, 0.15) is 5.82 Å². The first-order valence-electron chi connectivity index (χ1n) is 10.3. The molecule has 31 heavy (non-hydrogen) atoms. The number of aromatic nitrogens is 1. The van der Waals surface area contributed by atoms with E-state index in [1.807, 2.05) is 18.2 Å². The number of para-hydroxylation sites is 1. The first-order chi connectivity index (χ1) is 15.0. The predicted octanol–water partition coefficient (Wildman–Crippen LogP) is 5.30. The number of nitrogens with one attached hydrogen (secondary N) is 1. The Bertz CT molecular complexity index is 1310. The summed E-state index contributed by atoms with van der Waals surface area (Å²) in [5, 5.41) is 1.14. The van der Waals surface area contributed by atoms with Crippen molar-refractivity contribution in [3.8, 4) is 0 Å². The Hall–Kier alpha value is -3.73. The molecule has 1 aliphatic heterocycles. The number of benzene rings is 3. The molecule has 1 aromatic heterocycles. The molecule has 4 aromatic rings. The van der Waals surface area contributed by atoms with Gasteiger partial charge in [-0.25, -0.2) is 4.39 Å². The van der Waals surface area contributed by atoms with Crippen LogP contribution in [0.3, 0.4) is 0 Å². The van der Waals surface area contributed by atoms with Gasteiger partial charge in [-0.05, 0) is 48.7 Å². The third-order valence-electron chi connectivity index (χ3n) is 6.02. The summed E-state index contributed by atoms with van der Waals surface area (Å²) in [5.74, 6) is -0.675. The summed E-state index contributed by atoms with van der Waals surface area (Å²) in [6.07, 6.45) is 0.699. The number of H-pyrrole nitrogens is 1. The van der Waals surface area contributed by atoms with Crippen LogP contribution in [0, 0.1) is 5.82 Å². The van der Waals surface area contributed by atoms with E-state index in [0.29, 0.717) is 24.1 Å². The van der Waals surface area contributed by atoms with Crippen molar-refractivity contribution in [3.63, 3.8) is 0 Å². The van der Waals surface area contributed by atoms with E-state index in [-0.39, 0.29) is 17.5 Å². The minimum Gasteiger partial charge on any atom is -0.356 e. The number of aromatic amines is 1. The highest BCUT2D eigenvalue weighted by Crippen LogP contribution is 2.39. The Morgan fingerprint density at radius 3 is 2.35 bits per heavy atom. The predicted molar refractivity (Wildman–Crippen MR) is 118 cm³/mol. The summed E-state index contributed by atoms with van der Waals surface area (Å²) in [6.45, 7) is 1.97. The van der Waals surface area contributed by atoms with Crippen molar-refractivity contribution in [2.24, 2.45) is 0 Å². The summed E-state index contributed by atoms with van der Waals surface area (Å²) in [7, 11) is 0. The average molecular weight is 412 g/mol. The van der Waals surface area contributed by atoms with Crippen molar-refractivity contribution in [1.82, 2.24) is 9.88 Å². The van der Waals surface area contributed by atoms with E-state index >= 15 is 0 Å². The second kappa shape index (κ2) is 7.51. The lowest BCUT2D eigenvalue weighted by molar-refractivity contribution is 0.0688. The number of nitrogens with zero attached hydrogens (tertiary/aromatic N) is 1. The molecule has 1 aliphatic rings. The maximum absolute atomic E-state index is 13.7. The second-order valence-corrected chi connectivity index (χ2v) is 7.87. The molecule has 2 heterocycles. The quantitative estimate of drug-likeness (QED) is 0.465. The molecule has 1 N–H and O–H groups in total. The van der Waals surface area contributed by atoms with Crippen LogP contribution >= 0.6 is 0 Å². The molecule has 3 aromatic carbocycles. The van der Waals surface area contributed by atoms with Crippen LogP contribution in [0.1, 0.15) is 50.5 Å². The van der Waals surface area contributed by atoms with Crippen LogP contribution in [0.15, 0.2) is 72.8 Å². The molecule has 0 saturated carbocycles. The maximum Gasteiger partial charge on any atom is 0.255 e. The monoisotopic (exact) mass is 412 g/mol. The van der Waals surface area contributed by atoms with Gasteiger partial charge in [-0.2, -0.15) is 0 Å². The molecule has 0 bridgehead atoms. The number of hydrogen-bond acceptors (Lipinski definition) is 2. The number of halogens is 1. The fourth-order valence-corrected chi connectivity index (χ4v) is 4.58. The Labute approximate surface area is 179 Å². The van der Waals surface area contributed by atoms with Gasteiger partial charge < -0.3 is 9.88 Å². The largest absolute Gasteiger partial charge is 0.356 e. The number of Topliss-reactive ketones (excluding diaryl/α,β-unsaturated/α-hetero) is 1. The topological polar surface area (TPSA) is 53.2 Å². The molecule has 4 nitrogen and oxygen atoms in total. The van der Waals surface area contributed by atoms with E-state index < -0.39 is 6.04 Å². The Morgan fingerprint density at radius 2 is 1.61 bits per heavy atom. The Kier molecular flexibility index (Phi) is 4.66. The van der Waals surface area contributed by atoms with Gasteiger partial charge in [0.05, 0.1) is 11.6 Å². The average Bonchev–Trinajstić information content (AvgIpc) is 3.17. The Morgan fingerprint density at radius 1 is 0.935 bits per heavy atom. The third-order valence-corrected chi connectivity index (χ3v) is 6.02. The van der Waals surface area contributed by atoms with Crippen LogP contribution in [0.5, 0.6) is 0 Å². The molecular formula is C26H21FN2O2. The van der Waals surface area contributed by atoms with Crippen molar-refractivity contribution in [3.05, 3.63) is 107 Å². The van der Waals surface area contributed by atoms with Gasteiger partial charge in [0.2, 0.25) is 0 Å². The van der Waals surface area contributed by atoms with Crippen LogP contribution in [-0.4, -0.2) is 28.1 Å². The van der Waals surface area contributed by atoms with Crippen molar-refractivity contribution in [2.45, 2.75) is 19.4 Å². The zero-order valence-corrected chi connectivity index (χ0v) is 17.1.